The first kappa shape index (κ1) is 28.3. The second kappa shape index (κ2) is 9.67. The predicted molar refractivity (Wildman–Crippen MR) is 150 cm³/mol. The van der Waals surface area contributed by atoms with Gasteiger partial charge in [0, 0.05) is 17.4 Å². The number of carbonyl (C=O) groups is 1. The van der Waals surface area contributed by atoms with E-state index < -0.39 is 17.1 Å². The van der Waals surface area contributed by atoms with Crippen LogP contribution in [0.15, 0.2) is 34.5 Å². The third kappa shape index (κ3) is 4.40. The van der Waals surface area contributed by atoms with Crippen LogP contribution >= 0.6 is 0 Å². The van der Waals surface area contributed by atoms with Crippen LogP contribution in [0.3, 0.4) is 0 Å². The maximum atomic E-state index is 11.1. The van der Waals surface area contributed by atoms with Crippen molar-refractivity contribution in [3.8, 4) is 23.8 Å². The van der Waals surface area contributed by atoms with Gasteiger partial charge in [0.05, 0.1) is 6.20 Å². The summed E-state index contributed by atoms with van der Waals surface area (Å²) in [5.41, 5.74) is 6.69. The van der Waals surface area contributed by atoms with Crippen LogP contribution in [0.1, 0.15) is 76.2 Å². The molecule has 8 nitrogen and oxygen atoms in total. The van der Waals surface area contributed by atoms with Gasteiger partial charge in [-0.25, -0.2) is 0 Å². The van der Waals surface area contributed by atoms with Crippen LogP contribution in [0.5, 0.6) is 11.5 Å². The van der Waals surface area contributed by atoms with E-state index in [0.29, 0.717) is 23.3 Å². The standard InChI is InChI=1S/C22H27NO2.C10H13NO4/c1-4-22(24)10-8-18-16-6-5-15-11-19-14(13-23-25-19)12-20(15,2)17(16)7-9-21(18,22)3;1-10(11,9(14)15)5-6-2-3-7(12)8(13)4-6/h1,11,13,16-18,24H,5-10,12H2,2-3H3;2-4,12-13H,5,11H2,1H3,(H,14,15). The van der Waals surface area contributed by atoms with Gasteiger partial charge in [0.15, 0.2) is 17.3 Å². The number of aliphatic hydroxyl groups is 1. The van der Waals surface area contributed by atoms with Gasteiger partial charge < -0.3 is 30.7 Å². The normalized spacial score (nSPS) is 35.3. The Morgan fingerprint density at radius 2 is 1.93 bits per heavy atom. The zero-order valence-electron chi connectivity index (χ0n) is 23.5. The topological polar surface area (TPSA) is 150 Å². The first-order chi connectivity index (χ1) is 18.7. The van der Waals surface area contributed by atoms with Crippen molar-refractivity contribution in [1.29, 1.82) is 0 Å². The molecule has 0 radical (unpaired) electrons. The molecule has 1 aromatic carbocycles. The predicted octanol–water partition coefficient (Wildman–Crippen LogP) is 4.66. The lowest BCUT2D eigenvalue weighted by Gasteiger charge is -2.58. The molecule has 6 N–H and O–H groups in total. The van der Waals surface area contributed by atoms with Crippen LogP contribution < -0.4 is 5.73 Å². The second-order valence-corrected chi connectivity index (χ2v) is 13.1. The lowest BCUT2D eigenvalue weighted by Crippen LogP contribution is -2.54. The third-order valence-corrected chi connectivity index (χ3v) is 10.8. The molecule has 4 aliphatic rings. The fourth-order valence-corrected chi connectivity index (χ4v) is 8.32. The number of phenols is 2. The second-order valence-electron chi connectivity index (χ2n) is 13.1. The molecule has 4 aliphatic carbocycles. The van der Waals surface area contributed by atoms with Crippen LogP contribution in [0.2, 0.25) is 0 Å². The molecule has 3 fully saturated rings. The lowest BCUT2D eigenvalue weighted by atomic mass is 9.46. The Labute approximate surface area is 235 Å². The van der Waals surface area contributed by atoms with E-state index >= 15 is 0 Å². The third-order valence-electron chi connectivity index (χ3n) is 10.8. The molecule has 3 saturated carbocycles. The van der Waals surface area contributed by atoms with Crippen molar-refractivity contribution in [3.63, 3.8) is 0 Å². The van der Waals surface area contributed by atoms with E-state index in [1.165, 1.54) is 37.1 Å². The highest BCUT2D eigenvalue weighted by Gasteiger charge is 2.63. The van der Waals surface area contributed by atoms with E-state index in [1.54, 1.807) is 5.57 Å². The summed E-state index contributed by atoms with van der Waals surface area (Å²) >= 11 is 0. The molecule has 40 heavy (non-hydrogen) atoms. The summed E-state index contributed by atoms with van der Waals surface area (Å²) in [4.78, 5) is 10.7. The number of fused-ring (bicyclic) bond motifs is 6. The molecule has 7 unspecified atom stereocenters. The van der Waals surface area contributed by atoms with Gasteiger partial charge in [-0.2, -0.15) is 0 Å². The van der Waals surface area contributed by atoms with E-state index in [0.717, 1.165) is 44.3 Å². The molecule has 0 spiro atoms. The number of hydrogen-bond donors (Lipinski definition) is 5. The van der Waals surface area contributed by atoms with Crippen molar-refractivity contribution in [3.05, 3.63) is 46.9 Å². The van der Waals surface area contributed by atoms with Gasteiger partial charge in [-0.05, 0) is 98.8 Å². The number of nitrogens with two attached hydrogens (primary N) is 1. The van der Waals surface area contributed by atoms with E-state index in [-0.39, 0.29) is 28.7 Å². The number of terminal acetylenes is 1. The molecule has 214 valence electrons. The number of benzene rings is 1. The van der Waals surface area contributed by atoms with Gasteiger partial charge in [0.25, 0.3) is 0 Å². The summed E-state index contributed by atoms with van der Waals surface area (Å²) in [6, 6.07) is 4.11. The maximum absolute atomic E-state index is 11.1. The SMILES string of the molecule is C#CC1(O)CCC2C3CCC4=Cc5oncc5CC4(C)C3CCC21C.CC(N)(Cc1ccc(O)c(O)c1)C(=O)O. The number of rotatable bonds is 3. The van der Waals surface area contributed by atoms with Gasteiger partial charge in [-0.3, -0.25) is 4.79 Å². The Kier molecular flexibility index (Phi) is 6.83. The smallest absolute Gasteiger partial charge is 0.323 e. The average molecular weight is 549 g/mol. The van der Waals surface area contributed by atoms with E-state index in [1.807, 2.05) is 6.20 Å². The molecule has 2 aromatic rings. The quantitative estimate of drug-likeness (QED) is 0.274. The maximum Gasteiger partial charge on any atom is 0.323 e. The van der Waals surface area contributed by atoms with Crippen LogP contribution in [0.25, 0.3) is 6.08 Å². The Bertz CT molecular complexity index is 1390. The summed E-state index contributed by atoms with van der Waals surface area (Å²) in [5, 5.41) is 42.1. The minimum atomic E-state index is -1.39. The number of carboxylic acid groups (broad SMARTS) is 1. The first-order valence-corrected chi connectivity index (χ1v) is 14.1. The Morgan fingerprint density at radius 1 is 1.20 bits per heavy atom. The van der Waals surface area contributed by atoms with E-state index in [4.69, 9.17) is 26.9 Å². The average Bonchev–Trinajstić information content (AvgIpc) is 3.45. The molecular formula is C32H40N2O6. The van der Waals surface area contributed by atoms with Crippen LogP contribution in [0, 0.1) is 40.9 Å². The number of hydrogen-bond acceptors (Lipinski definition) is 7. The van der Waals surface area contributed by atoms with Crippen molar-refractivity contribution >= 4 is 12.0 Å². The molecule has 7 atom stereocenters. The van der Waals surface area contributed by atoms with Crippen molar-refractivity contribution in [2.75, 3.05) is 0 Å². The number of aromatic hydroxyl groups is 2. The van der Waals surface area contributed by atoms with E-state index in [2.05, 4.69) is 31.0 Å². The summed E-state index contributed by atoms with van der Waals surface area (Å²) in [5.74, 6) is 4.00. The highest BCUT2D eigenvalue weighted by Crippen LogP contribution is 2.67. The minimum Gasteiger partial charge on any atom is -0.504 e. The highest BCUT2D eigenvalue weighted by molar-refractivity contribution is 5.78. The zero-order chi connectivity index (χ0) is 29.1. The minimum absolute atomic E-state index is 0.0795. The van der Waals surface area contributed by atoms with Crippen molar-refractivity contribution in [2.24, 2.45) is 34.3 Å². The number of allylic oxidation sites excluding steroid dienone is 1. The number of aliphatic carboxylic acids is 1. The fourth-order valence-electron chi connectivity index (χ4n) is 8.32. The Hall–Kier alpha value is -3.28. The number of carboxylic acids is 1. The van der Waals surface area contributed by atoms with Gasteiger partial charge in [-0.15, -0.1) is 6.42 Å². The molecule has 8 heteroatoms. The Balaban J connectivity index is 0.000000186. The Morgan fingerprint density at radius 3 is 2.60 bits per heavy atom. The highest BCUT2D eigenvalue weighted by atomic mass is 16.5. The molecule has 0 amide bonds. The number of phenolic OH excluding ortho intramolecular Hbond substituents is 2. The number of aromatic nitrogens is 1. The largest absolute Gasteiger partial charge is 0.504 e. The van der Waals surface area contributed by atoms with Crippen molar-refractivity contribution in [2.45, 2.75) is 83.3 Å². The molecule has 1 aromatic heterocycles. The molecular weight excluding hydrogens is 508 g/mol. The summed E-state index contributed by atoms with van der Waals surface area (Å²) < 4.78 is 5.43. The molecule has 0 bridgehead atoms. The van der Waals surface area contributed by atoms with Crippen LogP contribution in [-0.4, -0.2) is 42.7 Å². The number of nitrogens with zero attached hydrogens (tertiary/aromatic N) is 1. The monoisotopic (exact) mass is 548 g/mol. The fraction of sp³-hybridized carbons (Fsp3) is 0.562. The molecule has 0 aliphatic heterocycles. The van der Waals surface area contributed by atoms with Gasteiger partial charge in [0.1, 0.15) is 11.1 Å². The molecule has 6 rings (SSSR count). The van der Waals surface area contributed by atoms with Crippen LogP contribution in [0.4, 0.5) is 0 Å². The van der Waals surface area contributed by atoms with Gasteiger partial charge in [-0.1, -0.05) is 36.6 Å². The summed E-state index contributed by atoms with van der Waals surface area (Å²) in [6.07, 6.45) is 17.5. The molecule has 1 heterocycles. The first-order valence-electron chi connectivity index (χ1n) is 14.1. The van der Waals surface area contributed by atoms with E-state index in [9.17, 15) is 15.0 Å². The molecule has 0 saturated heterocycles. The van der Waals surface area contributed by atoms with Gasteiger partial charge >= 0.3 is 5.97 Å². The zero-order valence-corrected chi connectivity index (χ0v) is 23.5. The lowest BCUT2D eigenvalue weighted by molar-refractivity contribution is -0.142. The summed E-state index contributed by atoms with van der Waals surface area (Å²) in [6.45, 7) is 6.10. The van der Waals surface area contributed by atoms with Crippen LogP contribution in [-0.2, 0) is 17.6 Å². The summed E-state index contributed by atoms with van der Waals surface area (Å²) in [7, 11) is 0. The van der Waals surface area contributed by atoms with Gasteiger partial charge in [0.2, 0.25) is 0 Å². The van der Waals surface area contributed by atoms with Crippen molar-refractivity contribution in [1.82, 2.24) is 5.16 Å². The van der Waals surface area contributed by atoms with Crippen molar-refractivity contribution < 1.29 is 29.7 Å².